The van der Waals surface area contributed by atoms with Crippen molar-refractivity contribution in [2.24, 2.45) is 0 Å². The summed E-state index contributed by atoms with van der Waals surface area (Å²) >= 11 is 0. The van der Waals surface area contributed by atoms with Crippen LogP contribution in [0.4, 0.5) is 0 Å². The molecular weight excluding hydrogens is 484 g/mol. The van der Waals surface area contributed by atoms with Gasteiger partial charge in [0.15, 0.2) is 0 Å². The van der Waals surface area contributed by atoms with Crippen molar-refractivity contribution in [2.45, 2.75) is 67.2 Å². The summed E-state index contributed by atoms with van der Waals surface area (Å²) in [5.41, 5.74) is 1.91. The van der Waals surface area contributed by atoms with Crippen LogP contribution in [0.25, 0.3) is 11.0 Å². The molecule has 1 atom stereocenters. The number of hydrogen-bond donors (Lipinski definition) is 1. The average molecular weight is 517 g/mol. The third kappa shape index (κ3) is 4.64. The van der Waals surface area contributed by atoms with E-state index in [0.717, 1.165) is 42.5 Å². The standard InChI is InChI=1S/C25H32N4O4S2/c1-2-20-7-5-6-16-29(20)35(32,33)22-12-10-21(11-13-22)34(30,31)28-17-14-19(15-18-28)25-26-23-8-3-4-9-24(23)27-25/h3-4,8-13,19-20H,2,5-7,14-18H2,1H3,(H,26,27)/t20-/m1/s1. The molecule has 0 aliphatic carbocycles. The number of fused-ring (bicyclic) bond motifs is 1. The van der Waals surface area contributed by atoms with Crippen LogP contribution in [0.5, 0.6) is 0 Å². The quantitative estimate of drug-likeness (QED) is 0.532. The number of rotatable bonds is 6. The number of aromatic amines is 1. The third-order valence-corrected chi connectivity index (χ3v) is 11.2. The summed E-state index contributed by atoms with van der Waals surface area (Å²) in [5.74, 6) is 1.08. The number of para-hydroxylation sites is 2. The highest BCUT2D eigenvalue weighted by atomic mass is 32.2. The smallest absolute Gasteiger partial charge is 0.243 e. The zero-order valence-electron chi connectivity index (χ0n) is 19.9. The number of hydrogen-bond acceptors (Lipinski definition) is 5. The van der Waals surface area contributed by atoms with Crippen LogP contribution in [0.15, 0.2) is 58.3 Å². The summed E-state index contributed by atoms with van der Waals surface area (Å²) in [4.78, 5) is 8.33. The lowest BCUT2D eigenvalue weighted by Gasteiger charge is -2.34. The van der Waals surface area contributed by atoms with Crippen molar-refractivity contribution < 1.29 is 16.8 Å². The number of nitrogens with zero attached hydrogens (tertiary/aromatic N) is 3. The van der Waals surface area contributed by atoms with Crippen LogP contribution in [0.3, 0.4) is 0 Å². The molecule has 1 aromatic heterocycles. The molecule has 5 rings (SSSR count). The maximum Gasteiger partial charge on any atom is 0.243 e. The average Bonchev–Trinajstić information content (AvgIpc) is 3.33. The minimum Gasteiger partial charge on any atom is -0.342 e. The molecule has 10 heteroatoms. The normalized spacial score (nSPS) is 21.5. The lowest BCUT2D eigenvalue weighted by molar-refractivity contribution is 0.246. The number of nitrogens with one attached hydrogen (secondary N) is 1. The predicted octanol–water partition coefficient (Wildman–Crippen LogP) is 4.08. The third-order valence-electron chi connectivity index (χ3n) is 7.36. The summed E-state index contributed by atoms with van der Waals surface area (Å²) in [6.07, 6.45) is 4.89. The van der Waals surface area contributed by atoms with Gasteiger partial charge in [0, 0.05) is 31.6 Å². The Morgan fingerprint density at radius 3 is 2.17 bits per heavy atom. The van der Waals surface area contributed by atoms with Gasteiger partial charge in [-0.2, -0.15) is 8.61 Å². The fourth-order valence-corrected chi connectivity index (χ4v) is 8.54. The van der Waals surface area contributed by atoms with Crippen molar-refractivity contribution in [1.82, 2.24) is 18.6 Å². The SMILES string of the molecule is CC[C@@H]1CCCCN1S(=O)(=O)c1ccc(S(=O)(=O)N2CCC(c3nc4ccccc4[nH]3)CC2)cc1. The highest BCUT2D eigenvalue weighted by molar-refractivity contribution is 7.89. The summed E-state index contributed by atoms with van der Waals surface area (Å²) in [7, 11) is -7.35. The first-order chi connectivity index (χ1) is 16.8. The number of benzene rings is 2. The summed E-state index contributed by atoms with van der Waals surface area (Å²) in [6.45, 7) is 3.32. The van der Waals surface area contributed by atoms with E-state index < -0.39 is 20.0 Å². The van der Waals surface area contributed by atoms with Gasteiger partial charge in [-0.05, 0) is 68.5 Å². The van der Waals surface area contributed by atoms with Crippen LogP contribution in [0.1, 0.15) is 57.2 Å². The molecule has 3 heterocycles. The second-order valence-corrected chi connectivity index (χ2v) is 13.3. The summed E-state index contributed by atoms with van der Waals surface area (Å²) < 4.78 is 56.1. The predicted molar refractivity (Wildman–Crippen MR) is 135 cm³/mol. The molecule has 0 unspecified atom stereocenters. The maximum absolute atomic E-state index is 13.3. The number of imidazole rings is 1. The van der Waals surface area contributed by atoms with E-state index in [0.29, 0.717) is 32.5 Å². The minimum absolute atomic E-state index is 0.00482. The molecule has 8 nitrogen and oxygen atoms in total. The molecule has 188 valence electrons. The zero-order chi connectivity index (χ0) is 24.6. The molecule has 0 bridgehead atoms. The number of sulfonamides is 2. The van der Waals surface area contributed by atoms with E-state index in [4.69, 9.17) is 0 Å². The monoisotopic (exact) mass is 516 g/mol. The van der Waals surface area contributed by atoms with E-state index in [2.05, 4.69) is 9.97 Å². The van der Waals surface area contributed by atoms with Gasteiger partial charge >= 0.3 is 0 Å². The maximum atomic E-state index is 13.3. The summed E-state index contributed by atoms with van der Waals surface area (Å²) in [6, 6.07) is 13.6. The Kier molecular flexibility index (Phi) is 6.73. The fourth-order valence-electron chi connectivity index (χ4n) is 5.30. The van der Waals surface area contributed by atoms with E-state index in [-0.39, 0.29) is 21.8 Å². The first-order valence-corrected chi connectivity index (χ1v) is 15.3. The van der Waals surface area contributed by atoms with Crippen LogP contribution in [-0.2, 0) is 20.0 Å². The second-order valence-electron chi connectivity index (χ2n) is 9.46. The van der Waals surface area contributed by atoms with Crippen LogP contribution >= 0.6 is 0 Å². The Balaban J connectivity index is 1.28. The fraction of sp³-hybridized carbons (Fsp3) is 0.480. The molecule has 0 spiro atoms. The topological polar surface area (TPSA) is 103 Å². The van der Waals surface area contributed by atoms with Crippen LogP contribution < -0.4 is 0 Å². The van der Waals surface area contributed by atoms with Crippen molar-refractivity contribution in [2.75, 3.05) is 19.6 Å². The van der Waals surface area contributed by atoms with E-state index in [1.165, 1.54) is 28.6 Å². The molecule has 2 aliphatic heterocycles. The van der Waals surface area contributed by atoms with E-state index >= 15 is 0 Å². The largest absolute Gasteiger partial charge is 0.342 e. The van der Waals surface area contributed by atoms with E-state index in [1.54, 1.807) is 4.31 Å². The molecule has 2 saturated heterocycles. The van der Waals surface area contributed by atoms with Crippen molar-refractivity contribution in [1.29, 1.82) is 0 Å². The van der Waals surface area contributed by atoms with Crippen LogP contribution in [-0.4, -0.2) is 61.1 Å². The van der Waals surface area contributed by atoms with Crippen molar-refractivity contribution in [3.63, 3.8) is 0 Å². The second kappa shape index (κ2) is 9.65. The molecule has 3 aromatic rings. The Labute approximate surface area is 207 Å². The zero-order valence-corrected chi connectivity index (χ0v) is 21.6. The molecule has 0 radical (unpaired) electrons. The van der Waals surface area contributed by atoms with Gasteiger partial charge in [-0.1, -0.05) is 25.5 Å². The molecule has 0 amide bonds. The molecule has 2 fully saturated rings. The van der Waals surface area contributed by atoms with Gasteiger partial charge in [0.2, 0.25) is 20.0 Å². The van der Waals surface area contributed by atoms with Gasteiger partial charge in [-0.25, -0.2) is 21.8 Å². The Bertz CT molecular complexity index is 1360. The molecule has 2 aliphatic rings. The van der Waals surface area contributed by atoms with E-state index in [1.807, 2.05) is 31.2 Å². The highest BCUT2D eigenvalue weighted by Crippen LogP contribution is 2.32. The van der Waals surface area contributed by atoms with Crippen molar-refractivity contribution in [3.05, 3.63) is 54.4 Å². The molecule has 2 aromatic carbocycles. The van der Waals surface area contributed by atoms with Gasteiger partial charge in [0.25, 0.3) is 0 Å². The first kappa shape index (κ1) is 24.4. The minimum atomic E-state index is -3.70. The lowest BCUT2D eigenvalue weighted by atomic mass is 9.97. The molecule has 0 saturated carbocycles. The Hall–Kier alpha value is -2.27. The van der Waals surface area contributed by atoms with Crippen molar-refractivity contribution in [3.8, 4) is 0 Å². The van der Waals surface area contributed by atoms with Gasteiger partial charge in [-0.15, -0.1) is 0 Å². The molecule has 35 heavy (non-hydrogen) atoms. The molecule has 1 N–H and O–H groups in total. The highest BCUT2D eigenvalue weighted by Gasteiger charge is 2.34. The number of H-pyrrole nitrogens is 1. The van der Waals surface area contributed by atoms with Crippen LogP contribution in [0, 0.1) is 0 Å². The van der Waals surface area contributed by atoms with Crippen molar-refractivity contribution >= 4 is 31.1 Å². The lowest BCUT2D eigenvalue weighted by Crippen LogP contribution is -2.43. The Morgan fingerprint density at radius 1 is 0.857 bits per heavy atom. The Morgan fingerprint density at radius 2 is 1.51 bits per heavy atom. The van der Waals surface area contributed by atoms with Gasteiger partial charge in [-0.3, -0.25) is 0 Å². The number of aromatic nitrogens is 2. The van der Waals surface area contributed by atoms with Gasteiger partial charge in [0.1, 0.15) is 5.82 Å². The first-order valence-electron chi connectivity index (χ1n) is 12.4. The molecular formula is C25H32N4O4S2. The van der Waals surface area contributed by atoms with Gasteiger partial charge in [0.05, 0.1) is 20.8 Å². The summed E-state index contributed by atoms with van der Waals surface area (Å²) in [5, 5.41) is 0. The van der Waals surface area contributed by atoms with Crippen LogP contribution in [0.2, 0.25) is 0 Å². The van der Waals surface area contributed by atoms with Gasteiger partial charge < -0.3 is 4.98 Å². The number of piperidine rings is 2. The van der Waals surface area contributed by atoms with E-state index in [9.17, 15) is 16.8 Å².